The number of hydrogen-bond acceptors (Lipinski definition) is 17. The molecule has 22 nitrogen and oxygen atoms in total. The number of imidazole rings is 2. The number of ether oxygens (including phenoxy) is 3. The molecule has 3 saturated heterocycles. The predicted molar refractivity (Wildman–Crippen MR) is 149 cm³/mol. The molecule has 4 aromatic heterocycles. The van der Waals surface area contributed by atoms with Gasteiger partial charge in [0.1, 0.15) is 60.6 Å². The van der Waals surface area contributed by atoms with E-state index in [1.165, 1.54) is 28.7 Å². The van der Waals surface area contributed by atoms with Crippen molar-refractivity contribution in [2.45, 2.75) is 56.0 Å². The van der Waals surface area contributed by atoms with Crippen LogP contribution in [-0.4, -0.2) is 115 Å². The summed E-state index contributed by atoms with van der Waals surface area (Å²) < 4.78 is 61.8. The molecule has 0 saturated carbocycles. The zero-order valence-electron chi connectivity index (χ0n) is 23.5. The quantitative estimate of drug-likeness (QED) is 0.130. The minimum Gasteiger partial charge on any atom is -0.386 e. The molecule has 3 aliphatic heterocycles. The van der Waals surface area contributed by atoms with E-state index in [0.717, 1.165) is 6.33 Å². The summed E-state index contributed by atoms with van der Waals surface area (Å²) >= 11 is 0. The molecule has 4 unspecified atom stereocenters. The first-order valence-electron chi connectivity index (χ1n) is 13.6. The van der Waals surface area contributed by atoms with E-state index in [2.05, 4.69) is 29.9 Å². The van der Waals surface area contributed by atoms with Gasteiger partial charge in [0.2, 0.25) is 0 Å². The summed E-state index contributed by atoms with van der Waals surface area (Å²) in [5, 5.41) is 22.4. The number of phosphoric acid groups is 1. The van der Waals surface area contributed by atoms with Crippen LogP contribution in [0.15, 0.2) is 23.8 Å². The van der Waals surface area contributed by atoms with Crippen molar-refractivity contribution < 1.29 is 56.9 Å². The van der Waals surface area contributed by atoms with Gasteiger partial charge in [0.25, 0.3) is 5.56 Å². The number of hydrogen-bond donors (Lipinski definition) is 6. The zero-order chi connectivity index (χ0) is 32.5. The first kappa shape index (κ1) is 31.4. The number of aromatic amines is 1. The second kappa shape index (κ2) is 11.5. The van der Waals surface area contributed by atoms with E-state index < -0.39 is 89.6 Å². The Hall–Kier alpha value is -3.24. The summed E-state index contributed by atoms with van der Waals surface area (Å²) in [5.41, 5.74) is 5.67. The highest BCUT2D eigenvalue weighted by molar-refractivity contribution is 7.52. The highest BCUT2D eigenvalue weighted by atomic mass is 31.2. The Labute approximate surface area is 256 Å². The van der Waals surface area contributed by atoms with Crippen LogP contribution in [-0.2, 0) is 36.9 Å². The maximum atomic E-state index is 13.2. The molecule has 10 atom stereocenters. The fourth-order valence-electron chi connectivity index (χ4n) is 5.54. The Morgan fingerprint density at radius 3 is 2.28 bits per heavy atom. The molecule has 4 aromatic rings. The summed E-state index contributed by atoms with van der Waals surface area (Å²) in [4.78, 5) is 56.4. The lowest BCUT2D eigenvalue weighted by Crippen LogP contribution is -2.37. The fourth-order valence-corrected chi connectivity index (χ4v) is 7.32. The predicted octanol–water partition coefficient (Wildman–Crippen LogP) is -1.57. The van der Waals surface area contributed by atoms with Crippen molar-refractivity contribution in [1.29, 1.82) is 0 Å². The van der Waals surface area contributed by atoms with Gasteiger partial charge in [-0.1, -0.05) is 0 Å². The van der Waals surface area contributed by atoms with Gasteiger partial charge in [-0.15, -0.1) is 0 Å². The Bertz CT molecular complexity index is 1950. The number of H-pyrrole nitrogens is 1. The molecular weight excluding hydrogens is 660 g/mol. The minimum atomic E-state index is -5.04. The number of anilines is 1. The van der Waals surface area contributed by atoms with Crippen molar-refractivity contribution in [3.05, 3.63) is 35.2 Å². The SMILES string of the molecule is Cc1nc2c(ncn2[C@@H]2O[C@@H]3COP(=O)(O)OC4[C@@H](COP(=O)(O)COC3[C@@H]2O)O[C@@H](n2cnc3c(N)ncnc32)[C@H]4O)c(=O)[nH]1. The summed E-state index contributed by atoms with van der Waals surface area (Å²) in [7, 11) is -9.64. The third kappa shape index (κ3) is 5.55. The van der Waals surface area contributed by atoms with Gasteiger partial charge in [0.05, 0.1) is 25.9 Å². The minimum absolute atomic E-state index is 0.0490. The maximum Gasteiger partial charge on any atom is 0.472 e. The van der Waals surface area contributed by atoms with Crippen LogP contribution >= 0.6 is 15.4 Å². The monoisotopic (exact) mass is 687 g/mol. The summed E-state index contributed by atoms with van der Waals surface area (Å²) in [6.45, 7) is 0.0904. The Morgan fingerprint density at radius 1 is 0.913 bits per heavy atom. The largest absolute Gasteiger partial charge is 0.472 e. The third-order valence-corrected chi connectivity index (χ3v) is 9.65. The standard InChI is InChI=1S/C22H27N9O13P2/c1-8-28-19-12(20(34)29-8)27-6-31(19)21-13(32)15-9(42-21)3-41-46(37,38)44-16-10(2-40-45(35,36)7-39-15)43-22(14(16)33)30-5-26-11-17(23)24-4-25-18(11)30/h4-6,9-10,13-16,21-22,32-33H,2-3,7H2,1H3,(H,35,36)(H,37,38)(H2,23,24,25)(H,28,29,34)/t9-,10-,13+,14+,15?,16?,21-,22-/m1/s1. The molecule has 24 heteroatoms. The molecule has 7 rings (SSSR count). The zero-order valence-corrected chi connectivity index (χ0v) is 25.3. The van der Waals surface area contributed by atoms with Gasteiger partial charge in [-0.2, -0.15) is 0 Å². The lowest BCUT2D eigenvalue weighted by atomic mass is 10.1. The number of aliphatic hydroxyl groups excluding tert-OH is 2. The number of nitrogens with two attached hydrogens (primary N) is 1. The average Bonchev–Trinajstić information content (AvgIpc) is 3.75. The van der Waals surface area contributed by atoms with Crippen LogP contribution in [0.5, 0.6) is 0 Å². The summed E-state index contributed by atoms with van der Waals surface area (Å²) in [6.07, 6.45) is -9.02. The molecule has 46 heavy (non-hydrogen) atoms. The molecule has 0 amide bonds. The summed E-state index contributed by atoms with van der Waals surface area (Å²) in [5.74, 6) is 0.303. The molecule has 0 aromatic carbocycles. The molecule has 248 valence electrons. The van der Waals surface area contributed by atoms with Crippen LogP contribution in [0.1, 0.15) is 18.3 Å². The second-order valence-electron chi connectivity index (χ2n) is 10.7. The van der Waals surface area contributed by atoms with Gasteiger partial charge in [-0.25, -0.2) is 29.5 Å². The molecule has 0 aliphatic carbocycles. The molecule has 7 N–H and O–H groups in total. The van der Waals surface area contributed by atoms with Gasteiger partial charge < -0.3 is 49.5 Å². The van der Waals surface area contributed by atoms with Gasteiger partial charge >= 0.3 is 15.4 Å². The van der Waals surface area contributed by atoms with Crippen molar-refractivity contribution in [3.8, 4) is 0 Å². The molecule has 0 spiro atoms. The molecule has 7 heterocycles. The Morgan fingerprint density at radius 2 is 1.54 bits per heavy atom. The number of aliphatic hydroxyl groups is 2. The lowest BCUT2D eigenvalue weighted by Gasteiger charge is -2.24. The number of nitrogens with zero attached hydrogens (tertiary/aromatic N) is 7. The fraction of sp³-hybridized carbons (Fsp3) is 0.545. The van der Waals surface area contributed by atoms with Gasteiger partial charge in [-0.3, -0.25) is 27.5 Å². The van der Waals surface area contributed by atoms with E-state index >= 15 is 0 Å². The van der Waals surface area contributed by atoms with Crippen LogP contribution in [0.3, 0.4) is 0 Å². The number of aromatic nitrogens is 8. The van der Waals surface area contributed by atoms with Crippen molar-refractivity contribution in [2.24, 2.45) is 0 Å². The topological polar surface area (TPSA) is 304 Å². The highest BCUT2D eigenvalue weighted by Gasteiger charge is 2.52. The Kier molecular flexibility index (Phi) is 7.82. The second-order valence-corrected chi connectivity index (χ2v) is 13.9. The van der Waals surface area contributed by atoms with Crippen molar-refractivity contribution in [2.75, 3.05) is 25.3 Å². The van der Waals surface area contributed by atoms with E-state index in [1.807, 2.05) is 0 Å². The number of aryl methyl sites for hydroxylation is 1. The third-order valence-electron chi connectivity index (χ3n) is 7.63. The highest BCUT2D eigenvalue weighted by Crippen LogP contribution is 2.51. The molecule has 0 bridgehead atoms. The van der Waals surface area contributed by atoms with Gasteiger partial charge in [0, 0.05) is 0 Å². The smallest absolute Gasteiger partial charge is 0.386 e. The van der Waals surface area contributed by atoms with Crippen molar-refractivity contribution >= 4 is 43.6 Å². The molecule has 3 aliphatic rings. The van der Waals surface area contributed by atoms with E-state index in [-0.39, 0.29) is 34.0 Å². The first-order valence-corrected chi connectivity index (χ1v) is 16.8. The number of fused-ring (bicyclic) bond motifs is 4. The number of nitrogen functional groups attached to an aromatic ring is 1. The summed E-state index contributed by atoms with van der Waals surface area (Å²) in [6, 6.07) is 0. The van der Waals surface area contributed by atoms with Crippen LogP contribution in [0, 0.1) is 6.92 Å². The Balaban J connectivity index is 1.16. The molecular formula is C22H27N9O13P2. The van der Waals surface area contributed by atoms with Crippen LogP contribution in [0.25, 0.3) is 22.3 Å². The number of phosphoric ester groups is 1. The molecule has 3 fully saturated rings. The van der Waals surface area contributed by atoms with E-state index in [4.69, 9.17) is 33.5 Å². The van der Waals surface area contributed by atoms with E-state index in [9.17, 15) is 33.9 Å². The maximum absolute atomic E-state index is 13.2. The average molecular weight is 687 g/mol. The number of nitrogens with one attached hydrogen (secondary N) is 1. The normalized spacial score (nSPS) is 37.4. The van der Waals surface area contributed by atoms with Gasteiger partial charge in [0.15, 0.2) is 35.1 Å². The van der Waals surface area contributed by atoms with Crippen LogP contribution in [0.2, 0.25) is 0 Å². The van der Waals surface area contributed by atoms with Crippen LogP contribution < -0.4 is 11.3 Å². The van der Waals surface area contributed by atoms with Crippen LogP contribution in [0.4, 0.5) is 5.82 Å². The van der Waals surface area contributed by atoms with E-state index in [1.54, 1.807) is 0 Å². The van der Waals surface area contributed by atoms with Crippen molar-refractivity contribution in [3.63, 3.8) is 0 Å². The molecule has 0 radical (unpaired) electrons. The van der Waals surface area contributed by atoms with Gasteiger partial charge in [-0.05, 0) is 6.92 Å². The van der Waals surface area contributed by atoms with Crippen molar-refractivity contribution in [1.82, 2.24) is 39.0 Å². The van der Waals surface area contributed by atoms with E-state index in [0.29, 0.717) is 0 Å². The first-order chi connectivity index (χ1) is 21.8. The lowest BCUT2D eigenvalue weighted by molar-refractivity contribution is -0.0595. The number of rotatable bonds is 2.